The molecule has 0 aliphatic heterocycles. The van der Waals surface area contributed by atoms with Gasteiger partial charge in [-0.15, -0.1) is 0 Å². The summed E-state index contributed by atoms with van der Waals surface area (Å²) < 4.78 is 5.43. The van der Waals surface area contributed by atoms with Crippen LogP contribution >= 0.6 is 0 Å². The van der Waals surface area contributed by atoms with Crippen LogP contribution in [0.2, 0.25) is 0 Å². The predicted octanol–water partition coefficient (Wildman–Crippen LogP) is 1.87. The number of ketones is 1. The smallest absolute Gasteiger partial charge is 0.155 e. The molecule has 1 aliphatic carbocycles. The highest BCUT2D eigenvalue weighted by Crippen LogP contribution is 2.10. The van der Waals surface area contributed by atoms with Gasteiger partial charge in [0.1, 0.15) is 6.61 Å². The second-order valence-corrected chi connectivity index (χ2v) is 3.30. The number of hydrogen-bond donors (Lipinski definition) is 0. The van der Waals surface area contributed by atoms with Gasteiger partial charge < -0.3 is 4.74 Å². The molecule has 0 amide bonds. The van der Waals surface area contributed by atoms with Gasteiger partial charge in [-0.05, 0) is 25.0 Å². The van der Waals surface area contributed by atoms with Gasteiger partial charge in [0.05, 0.1) is 6.10 Å². The Bertz CT molecular complexity index is 315. The molecule has 0 radical (unpaired) electrons. The molecular weight excluding hydrogens is 176 g/mol. The highest BCUT2D eigenvalue weighted by atomic mass is 16.5. The summed E-state index contributed by atoms with van der Waals surface area (Å²) in [7, 11) is 0. The molecule has 0 heterocycles. The number of rotatable bonds is 2. The Morgan fingerprint density at radius 1 is 1.79 bits per heavy atom. The monoisotopic (exact) mass is 190 g/mol. The first-order valence-electron chi connectivity index (χ1n) is 4.65. The SMILES string of the molecule is C=C(C)C#CCOC1C=CC(=O)CC1. The summed E-state index contributed by atoms with van der Waals surface area (Å²) in [5, 5.41) is 0. The van der Waals surface area contributed by atoms with Crippen molar-refractivity contribution in [2.24, 2.45) is 0 Å². The fraction of sp³-hybridized carbons (Fsp3) is 0.417. The zero-order valence-corrected chi connectivity index (χ0v) is 8.38. The van der Waals surface area contributed by atoms with Gasteiger partial charge in [-0.2, -0.15) is 0 Å². The van der Waals surface area contributed by atoms with Gasteiger partial charge in [-0.1, -0.05) is 24.5 Å². The average Bonchev–Trinajstić information content (AvgIpc) is 2.15. The molecule has 14 heavy (non-hydrogen) atoms. The van der Waals surface area contributed by atoms with Crippen LogP contribution in [-0.2, 0) is 9.53 Å². The Balaban J connectivity index is 2.27. The van der Waals surface area contributed by atoms with Crippen LogP contribution < -0.4 is 0 Å². The molecule has 74 valence electrons. The molecular formula is C12H14O2. The fourth-order valence-electron chi connectivity index (χ4n) is 1.15. The molecule has 0 aromatic heterocycles. The molecule has 0 saturated heterocycles. The lowest BCUT2D eigenvalue weighted by Crippen LogP contribution is -2.16. The van der Waals surface area contributed by atoms with E-state index >= 15 is 0 Å². The number of allylic oxidation sites excluding steroid dienone is 2. The van der Waals surface area contributed by atoms with Crippen molar-refractivity contribution in [1.29, 1.82) is 0 Å². The van der Waals surface area contributed by atoms with E-state index in [1.807, 2.05) is 6.92 Å². The van der Waals surface area contributed by atoms with E-state index in [9.17, 15) is 4.79 Å². The largest absolute Gasteiger partial charge is 0.361 e. The van der Waals surface area contributed by atoms with E-state index < -0.39 is 0 Å². The third-order valence-electron chi connectivity index (χ3n) is 1.84. The Morgan fingerprint density at radius 2 is 2.57 bits per heavy atom. The van der Waals surface area contributed by atoms with Gasteiger partial charge in [0.2, 0.25) is 0 Å². The molecule has 1 atom stereocenters. The fourth-order valence-corrected chi connectivity index (χ4v) is 1.15. The van der Waals surface area contributed by atoms with Gasteiger partial charge in [-0.25, -0.2) is 0 Å². The lowest BCUT2D eigenvalue weighted by atomic mass is 10.0. The van der Waals surface area contributed by atoms with Crippen LogP contribution in [0.4, 0.5) is 0 Å². The molecule has 1 rings (SSSR count). The first-order valence-corrected chi connectivity index (χ1v) is 4.65. The summed E-state index contributed by atoms with van der Waals surface area (Å²) >= 11 is 0. The van der Waals surface area contributed by atoms with Crippen molar-refractivity contribution in [3.05, 3.63) is 24.3 Å². The molecule has 0 saturated carbocycles. The van der Waals surface area contributed by atoms with Crippen LogP contribution in [0.25, 0.3) is 0 Å². The van der Waals surface area contributed by atoms with E-state index in [2.05, 4.69) is 18.4 Å². The van der Waals surface area contributed by atoms with Crippen LogP contribution in [0.3, 0.4) is 0 Å². The summed E-state index contributed by atoms with van der Waals surface area (Å²) in [5.41, 5.74) is 0.836. The van der Waals surface area contributed by atoms with E-state index in [1.54, 1.807) is 12.2 Å². The van der Waals surface area contributed by atoms with Crippen LogP contribution in [-0.4, -0.2) is 18.5 Å². The summed E-state index contributed by atoms with van der Waals surface area (Å²) in [4.78, 5) is 10.8. The van der Waals surface area contributed by atoms with Gasteiger partial charge in [0, 0.05) is 6.42 Å². The quantitative estimate of drug-likeness (QED) is 0.621. The standard InChI is InChI=1S/C12H14O2/c1-10(2)4-3-9-14-12-7-5-11(13)6-8-12/h5,7,12H,1,6,8-9H2,2H3. The number of carbonyl (C=O) groups is 1. The Morgan fingerprint density at radius 3 is 3.14 bits per heavy atom. The van der Waals surface area contributed by atoms with Crippen molar-refractivity contribution in [3.8, 4) is 11.8 Å². The van der Waals surface area contributed by atoms with E-state index in [4.69, 9.17) is 4.74 Å². The van der Waals surface area contributed by atoms with Gasteiger partial charge in [0.25, 0.3) is 0 Å². The molecule has 0 spiro atoms. The Hall–Kier alpha value is -1.33. The molecule has 1 aliphatic rings. The third kappa shape index (κ3) is 4.06. The highest BCUT2D eigenvalue weighted by molar-refractivity contribution is 5.90. The molecule has 1 unspecified atom stereocenters. The number of carbonyl (C=O) groups excluding carboxylic acids is 1. The zero-order chi connectivity index (χ0) is 10.4. The van der Waals surface area contributed by atoms with Gasteiger partial charge >= 0.3 is 0 Å². The molecule has 2 heteroatoms. The van der Waals surface area contributed by atoms with E-state index in [-0.39, 0.29) is 11.9 Å². The highest BCUT2D eigenvalue weighted by Gasteiger charge is 2.12. The summed E-state index contributed by atoms with van der Waals surface area (Å²) in [5.74, 6) is 5.86. The summed E-state index contributed by atoms with van der Waals surface area (Å²) in [6, 6.07) is 0. The van der Waals surface area contributed by atoms with Crippen LogP contribution in [0.15, 0.2) is 24.3 Å². The minimum Gasteiger partial charge on any atom is -0.361 e. The van der Waals surface area contributed by atoms with Gasteiger partial charge in [0.15, 0.2) is 5.78 Å². The van der Waals surface area contributed by atoms with Gasteiger partial charge in [-0.3, -0.25) is 4.79 Å². The molecule has 0 bridgehead atoms. The third-order valence-corrected chi connectivity index (χ3v) is 1.84. The maximum atomic E-state index is 10.8. The maximum Gasteiger partial charge on any atom is 0.155 e. The summed E-state index contributed by atoms with van der Waals surface area (Å²) in [6.45, 7) is 5.91. The van der Waals surface area contributed by atoms with Crippen LogP contribution in [0.1, 0.15) is 19.8 Å². The first kappa shape index (κ1) is 10.7. The number of hydrogen-bond acceptors (Lipinski definition) is 2. The van der Waals surface area contributed by atoms with Crippen molar-refractivity contribution in [1.82, 2.24) is 0 Å². The topological polar surface area (TPSA) is 26.3 Å². The Labute approximate surface area is 84.6 Å². The van der Waals surface area contributed by atoms with E-state index in [0.29, 0.717) is 13.0 Å². The maximum absolute atomic E-state index is 10.8. The number of ether oxygens (including phenoxy) is 1. The minimum atomic E-state index is 0.0483. The van der Waals surface area contributed by atoms with Crippen molar-refractivity contribution < 1.29 is 9.53 Å². The molecule has 0 aromatic rings. The van der Waals surface area contributed by atoms with Crippen molar-refractivity contribution >= 4 is 5.78 Å². The summed E-state index contributed by atoms with van der Waals surface area (Å²) in [6.07, 6.45) is 4.78. The second kappa shape index (κ2) is 5.41. The van der Waals surface area contributed by atoms with Crippen molar-refractivity contribution in [2.45, 2.75) is 25.9 Å². The molecule has 0 fully saturated rings. The van der Waals surface area contributed by atoms with E-state index in [0.717, 1.165) is 12.0 Å². The van der Waals surface area contributed by atoms with Crippen molar-refractivity contribution in [3.63, 3.8) is 0 Å². The van der Waals surface area contributed by atoms with Crippen LogP contribution in [0, 0.1) is 11.8 Å². The molecule has 0 aromatic carbocycles. The van der Waals surface area contributed by atoms with E-state index in [1.165, 1.54) is 0 Å². The zero-order valence-electron chi connectivity index (χ0n) is 8.38. The molecule has 2 nitrogen and oxygen atoms in total. The average molecular weight is 190 g/mol. The predicted molar refractivity (Wildman–Crippen MR) is 55.7 cm³/mol. The minimum absolute atomic E-state index is 0.0483. The van der Waals surface area contributed by atoms with Crippen molar-refractivity contribution in [2.75, 3.05) is 6.61 Å². The van der Waals surface area contributed by atoms with Crippen LogP contribution in [0.5, 0.6) is 0 Å². The molecule has 0 N–H and O–H groups in total. The normalized spacial score (nSPS) is 20.1. The first-order chi connectivity index (χ1) is 6.68. The Kier molecular flexibility index (Phi) is 4.15. The lowest BCUT2D eigenvalue weighted by Gasteiger charge is -2.14. The lowest BCUT2D eigenvalue weighted by molar-refractivity contribution is -0.115. The second-order valence-electron chi connectivity index (χ2n) is 3.30.